The maximum absolute atomic E-state index is 12.4. The Labute approximate surface area is 164 Å². The predicted octanol–water partition coefficient (Wildman–Crippen LogP) is 3.06. The van der Waals surface area contributed by atoms with Crippen LogP contribution >= 0.6 is 0 Å². The fourth-order valence-corrected chi connectivity index (χ4v) is 3.42. The molecule has 1 N–H and O–H groups in total. The molecule has 142 valence electrons. The molecule has 0 atom stereocenters. The second kappa shape index (κ2) is 8.71. The van der Waals surface area contributed by atoms with E-state index in [1.165, 1.54) is 31.5 Å². The second-order valence-corrected chi connectivity index (χ2v) is 7.02. The van der Waals surface area contributed by atoms with E-state index in [1.54, 1.807) is 24.8 Å². The van der Waals surface area contributed by atoms with Gasteiger partial charge in [0.1, 0.15) is 0 Å². The van der Waals surface area contributed by atoms with Crippen LogP contribution in [0, 0.1) is 0 Å². The zero-order valence-corrected chi connectivity index (χ0v) is 15.7. The fourth-order valence-electron chi connectivity index (χ4n) is 3.42. The lowest BCUT2D eigenvalue weighted by Crippen LogP contribution is -2.23. The monoisotopic (exact) mass is 373 g/mol. The van der Waals surface area contributed by atoms with Gasteiger partial charge in [-0.25, -0.2) is 9.97 Å². The van der Waals surface area contributed by atoms with Crippen molar-refractivity contribution in [3.05, 3.63) is 77.9 Å². The number of amides is 1. The Kier molecular flexibility index (Phi) is 5.68. The minimum absolute atomic E-state index is 0.175. The fraction of sp³-hybridized carbons (Fsp3) is 0.273. The molecule has 1 amide bonds. The molecular weight excluding hydrogens is 350 g/mol. The lowest BCUT2D eigenvalue weighted by atomic mass is 10.1. The summed E-state index contributed by atoms with van der Waals surface area (Å²) in [6, 6.07) is 12.1. The zero-order valence-electron chi connectivity index (χ0n) is 15.7. The first kappa shape index (κ1) is 18.3. The molecule has 0 spiro atoms. The first-order valence-corrected chi connectivity index (χ1v) is 9.59. The van der Waals surface area contributed by atoms with Crippen LogP contribution in [0.15, 0.2) is 61.2 Å². The lowest BCUT2D eigenvalue weighted by Gasteiger charge is -2.15. The number of benzene rings is 1. The molecule has 1 saturated heterocycles. The highest BCUT2D eigenvalue weighted by molar-refractivity contribution is 5.93. The van der Waals surface area contributed by atoms with Gasteiger partial charge in [-0.05, 0) is 49.2 Å². The van der Waals surface area contributed by atoms with E-state index in [0.717, 1.165) is 17.7 Å². The molecule has 28 heavy (non-hydrogen) atoms. The molecule has 1 fully saturated rings. The first-order chi connectivity index (χ1) is 13.8. The van der Waals surface area contributed by atoms with Crippen LogP contribution in [0.1, 0.15) is 34.3 Å². The molecular formula is C22H23N5O. The molecule has 0 radical (unpaired) electrons. The first-order valence-electron chi connectivity index (χ1n) is 9.59. The van der Waals surface area contributed by atoms with E-state index < -0.39 is 0 Å². The van der Waals surface area contributed by atoms with Crippen LogP contribution in [-0.2, 0) is 13.1 Å². The van der Waals surface area contributed by atoms with Gasteiger partial charge in [0.15, 0.2) is 5.82 Å². The average Bonchev–Trinajstić information content (AvgIpc) is 3.26. The van der Waals surface area contributed by atoms with Crippen LogP contribution in [0.5, 0.6) is 0 Å². The van der Waals surface area contributed by atoms with Crippen molar-refractivity contribution in [2.45, 2.75) is 25.9 Å². The smallest absolute Gasteiger partial charge is 0.254 e. The average molecular weight is 373 g/mol. The zero-order chi connectivity index (χ0) is 19.2. The number of hydrogen-bond donors (Lipinski definition) is 1. The minimum atomic E-state index is -0.175. The number of nitrogens with one attached hydrogen (secondary N) is 1. The van der Waals surface area contributed by atoms with E-state index >= 15 is 0 Å². The van der Waals surface area contributed by atoms with Gasteiger partial charge < -0.3 is 5.32 Å². The van der Waals surface area contributed by atoms with Crippen molar-refractivity contribution >= 4 is 5.91 Å². The van der Waals surface area contributed by atoms with Crippen LogP contribution in [0.3, 0.4) is 0 Å². The molecule has 1 aliphatic heterocycles. The summed E-state index contributed by atoms with van der Waals surface area (Å²) in [5.74, 6) is 0.403. The van der Waals surface area contributed by atoms with E-state index in [-0.39, 0.29) is 5.91 Å². The molecule has 4 rings (SSSR count). The number of aromatic nitrogens is 3. The molecule has 0 aliphatic carbocycles. The normalized spacial score (nSPS) is 14.1. The molecule has 1 aromatic carbocycles. The van der Waals surface area contributed by atoms with E-state index in [1.807, 2.05) is 18.2 Å². The number of carbonyl (C=O) groups excluding carboxylic acids is 1. The van der Waals surface area contributed by atoms with Crippen molar-refractivity contribution in [1.82, 2.24) is 25.2 Å². The van der Waals surface area contributed by atoms with Gasteiger partial charge in [-0.2, -0.15) is 0 Å². The maximum atomic E-state index is 12.4. The van der Waals surface area contributed by atoms with Crippen molar-refractivity contribution in [3.8, 4) is 11.4 Å². The number of nitrogens with zero attached hydrogens (tertiary/aromatic N) is 4. The second-order valence-electron chi connectivity index (χ2n) is 7.02. The topological polar surface area (TPSA) is 71.0 Å². The lowest BCUT2D eigenvalue weighted by molar-refractivity contribution is 0.0950. The van der Waals surface area contributed by atoms with Crippen LogP contribution in [0.25, 0.3) is 11.4 Å². The van der Waals surface area contributed by atoms with E-state index in [9.17, 15) is 4.79 Å². The number of pyridine rings is 1. The summed E-state index contributed by atoms with van der Waals surface area (Å²) < 4.78 is 0. The third-order valence-corrected chi connectivity index (χ3v) is 4.90. The van der Waals surface area contributed by atoms with Crippen molar-refractivity contribution in [2.24, 2.45) is 0 Å². The van der Waals surface area contributed by atoms with Gasteiger partial charge >= 0.3 is 0 Å². The maximum Gasteiger partial charge on any atom is 0.254 e. The van der Waals surface area contributed by atoms with E-state index in [0.29, 0.717) is 17.9 Å². The largest absolute Gasteiger partial charge is 0.348 e. The summed E-state index contributed by atoms with van der Waals surface area (Å²) in [5.41, 5.74) is 3.71. The van der Waals surface area contributed by atoms with Crippen molar-refractivity contribution in [1.29, 1.82) is 0 Å². The number of rotatable bonds is 6. The molecule has 6 nitrogen and oxygen atoms in total. The Morgan fingerprint density at radius 1 is 1.00 bits per heavy atom. The molecule has 0 bridgehead atoms. The molecule has 6 heteroatoms. The number of carbonyl (C=O) groups is 1. The molecule has 3 aromatic rings. The molecule has 3 heterocycles. The number of hydrogen-bond acceptors (Lipinski definition) is 5. The van der Waals surface area contributed by atoms with Gasteiger partial charge in [0, 0.05) is 43.4 Å². The van der Waals surface area contributed by atoms with Gasteiger partial charge in [-0.1, -0.05) is 24.3 Å². The summed E-state index contributed by atoms with van der Waals surface area (Å²) in [6.45, 7) is 3.82. The Hall–Kier alpha value is -3.12. The van der Waals surface area contributed by atoms with Crippen molar-refractivity contribution in [2.75, 3.05) is 13.1 Å². The van der Waals surface area contributed by atoms with E-state index in [4.69, 9.17) is 0 Å². The Balaban J connectivity index is 1.35. The van der Waals surface area contributed by atoms with Crippen LogP contribution < -0.4 is 5.32 Å². The standard InChI is InChI=1S/C22H23N5O/c28-22(20-14-24-21(25-15-20)19-6-8-23-9-7-19)26-13-17-4-3-5-18(12-17)16-27-10-1-2-11-27/h3-9,12,14-15H,1-2,10-11,13,16H2,(H,26,28). The van der Waals surface area contributed by atoms with E-state index in [2.05, 4.69) is 43.4 Å². The van der Waals surface area contributed by atoms with Crippen LogP contribution in [0.4, 0.5) is 0 Å². The molecule has 0 saturated carbocycles. The van der Waals surface area contributed by atoms with Gasteiger partial charge in [0.25, 0.3) is 5.91 Å². The third kappa shape index (κ3) is 4.58. The quantitative estimate of drug-likeness (QED) is 0.719. The summed E-state index contributed by atoms with van der Waals surface area (Å²) in [6.07, 6.45) is 9.08. The highest BCUT2D eigenvalue weighted by Gasteiger charge is 2.12. The molecule has 2 aromatic heterocycles. The van der Waals surface area contributed by atoms with Crippen molar-refractivity contribution < 1.29 is 4.79 Å². The predicted molar refractivity (Wildman–Crippen MR) is 107 cm³/mol. The van der Waals surface area contributed by atoms with Gasteiger partial charge in [0.2, 0.25) is 0 Å². The molecule has 1 aliphatic rings. The highest BCUT2D eigenvalue weighted by Crippen LogP contribution is 2.14. The summed E-state index contributed by atoms with van der Waals surface area (Å²) >= 11 is 0. The Morgan fingerprint density at radius 3 is 2.46 bits per heavy atom. The molecule has 0 unspecified atom stereocenters. The minimum Gasteiger partial charge on any atom is -0.348 e. The van der Waals surface area contributed by atoms with Gasteiger partial charge in [0.05, 0.1) is 5.56 Å². The van der Waals surface area contributed by atoms with Crippen molar-refractivity contribution in [3.63, 3.8) is 0 Å². The van der Waals surface area contributed by atoms with Gasteiger partial charge in [-0.3, -0.25) is 14.7 Å². The summed E-state index contributed by atoms with van der Waals surface area (Å²) in [5, 5.41) is 2.95. The Morgan fingerprint density at radius 2 is 1.71 bits per heavy atom. The van der Waals surface area contributed by atoms with Gasteiger partial charge in [-0.15, -0.1) is 0 Å². The highest BCUT2D eigenvalue weighted by atomic mass is 16.1. The SMILES string of the molecule is O=C(NCc1cccc(CN2CCCC2)c1)c1cnc(-c2ccncc2)nc1. The summed E-state index contributed by atoms with van der Waals surface area (Å²) in [7, 11) is 0. The Bertz CT molecular complexity index is 921. The van der Waals surface area contributed by atoms with Crippen LogP contribution in [0.2, 0.25) is 0 Å². The number of likely N-dealkylation sites (tertiary alicyclic amines) is 1. The summed E-state index contributed by atoms with van der Waals surface area (Å²) in [4.78, 5) is 27.5. The van der Waals surface area contributed by atoms with Crippen LogP contribution in [-0.4, -0.2) is 38.8 Å². The third-order valence-electron chi connectivity index (χ3n) is 4.90.